The maximum absolute atomic E-state index is 12.2. The lowest BCUT2D eigenvalue weighted by Gasteiger charge is -2.26. The summed E-state index contributed by atoms with van der Waals surface area (Å²) < 4.78 is 12.7. The minimum absolute atomic E-state index is 0.0288. The Morgan fingerprint density at radius 3 is 2.46 bits per heavy atom. The van der Waals surface area contributed by atoms with Crippen molar-refractivity contribution in [3.63, 3.8) is 0 Å². The molecule has 1 aliphatic rings. The molecule has 2 heterocycles. The predicted molar refractivity (Wildman–Crippen MR) is 108 cm³/mol. The summed E-state index contributed by atoms with van der Waals surface area (Å²) in [5, 5.41) is 13.6. The number of hydrogen-bond donors (Lipinski definition) is 2. The summed E-state index contributed by atoms with van der Waals surface area (Å²) in [5.41, 5.74) is 2.77. The van der Waals surface area contributed by atoms with Gasteiger partial charge < -0.3 is 19.2 Å². The van der Waals surface area contributed by atoms with Gasteiger partial charge >= 0.3 is 0 Å². The quantitative estimate of drug-likeness (QED) is 0.445. The third kappa shape index (κ3) is 4.48. The number of hydrogen-bond acceptors (Lipinski definition) is 6. The van der Waals surface area contributed by atoms with Crippen LogP contribution in [0.15, 0.2) is 41.1 Å². The standard InChI is InChI=1S/C16H14Br3N3O4/c17-11-5-9(6-12(18)14(11)23)15(24)21-20-8-10-7-13(19)16(26-10)22-1-3-25-4-2-22/h5-8,23H,1-4H2,(H,21,24)/b20-8-. The van der Waals surface area contributed by atoms with Gasteiger partial charge in [0.05, 0.1) is 32.8 Å². The number of nitrogens with zero attached hydrogens (tertiary/aromatic N) is 2. The highest BCUT2D eigenvalue weighted by molar-refractivity contribution is 9.11. The Labute approximate surface area is 174 Å². The molecule has 3 rings (SSSR count). The van der Waals surface area contributed by atoms with Crippen molar-refractivity contribution in [2.45, 2.75) is 0 Å². The fourth-order valence-corrected chi connectivity index (χ4v) is 4.08. The molecule has 0 bridgehead atoms. The number of phenolic OH excluding ortho intramolecular Hbond substituents is 1. The third-order valence-corrected chi connectivity index (χ3v) is 5.40. The van der Waals surface area contributed by atoms with Crippen molar-refractivity contribution in [1.82, 2.24) is 5.43 Å². The summed E-state index contributed by atoms with van der Waals surface area (Å²) in [4.78, 5) is 14.2. The second-order valence-corrected chi connectivity index (χ2v) is 7.95. The highest BCUT2D eigenvalue weighted by Crippen LogP contribution is 2.33. The number of carbonyl (C=O) groups is 1. The molecule has 7 nitrogen and oxygen atoms in total. The maximum Gasteiger partial charge on any atom is 0.271 e. The lowest BCUT2D eigenvalue weighted by Crippen LogP contribution is -2.36. The average molecular weight is 552 g/mol. The van der Waals surface area contributed by atoms with Crippen LogP contribution in [-0.4, -0.2) is 43.5 Å². The van der Waals surface area contributed by atoms with Crippen LogP contribution in [0.3, 0.4) is 0 Å². The van der Waals surface area contributed by atoms with Crippen molar-refractivity contribution in [3.05, 3.63) is 42.9 Å². The number of aromatic hydroxyl groups is 1. The zero-order valence-corrected chi connectivity index (χ0v) is 18.1. The molecular formula is C16H14Br3N3O4. The lowest BCUT2D eigenvalue weighted by molar-refractivity contribution is 0.0955. The zero-order chi connectivity index (χ0) is 18.7. The van der Waals surface area contributed by atoms with Crippen LogP contribution < -0.4 is 10.3 Å². The molecule has 1 saturated heterocycles. The molecule has 0 spiro atoms. The number of anilines is 1. The molecule has 1 amide bonds. The Balaban J connectivity index is 1.66. The zero-order valence-electron chi connectivity index (χ0n) is 13.3. The number of phenols is 1. The largest absolute Gasteiger partial charge is 0.506 e. The number of halogens is 3. The molecule has 26 heavy (non-hydrogen) atoms. The fourth-order valence-electron chi connectivity index (χ4n) is 2.34. The van der Waals surface area contributed by atoms with Gasteiger partial charge in [-0.2, -0.15) is 5.10 Å². The van der Waals surface area contributed by atoms with E-state index in [0.717, 1.165) is 17.6 Å². The Kier molecular flexibility index (Phi) is 6.38. The molecule has 1 aliphatic heterocycles. The van der Waals surface area contributed by atoms with Gasteiger partial charge in [0.1, 0.15) is 5.75 Å². The number of rotatable bonds is 4. The van der Waals surface area contributed by atoms with Crippen molar-refractivity contribution in [1.29, 1.82) is 0 Å². The van der Waals surface area contributed by atoms with Crippen LogP contribution in [0.2, 0.25) is 0 Å². The second-order valence-electron chi connectivity index (χ2n) is 5.39. The monoisotopic (exact) mass is 549 g/mol. The van der Waals surface area contributed by atoms with E-state index < -0.39 is 5.91 Å². The summed E-state index contributed by atoms with van der Waals surface area (Å²) in [6, 6.07) is 4.80. The molecule has 1 fully saturated rings. The van der Waals surface area contributed by atoms with Crippen LogP contribution in [0, 0.1) is 0 Å². The third-order valence-electron chi connectivity index (χ3n) is 3.62. The van der Waals surface area contributed by atoms with Crippen molar-refractivity contribution in [2.24, 2.45) is 5.10 Å². The first-order valence-electron chi connectivity index (χ1n) is 7.59. The van der Waals surface area contributed by atoms with E-state index in [1.54, 1.807) is 6.07 Å². The van der Waals surface area contributed by atoms with Crippen LogP contribution in [0.25, 0.3) is 0 Å². The number of nitrogens with one attached hydrogen (secondary N) is 1. The molecule has 10 heteroatoms. The van der Waals surface area contributed by atoms with E-state index in [4.69, 9.17) is 9.15 Å². The summed E-state index contributed by atoms with van der Waals surface area (Å²) >= 11 is 9.85. The number of morpholine rings is 1. The summed E-state index contributed by atoms with van der Waals surface area (Å²) in [6.45, 7) is 2.82. The summed E-state index contributed by atoms with van der Waals surface area (Å²) in [6.07, 6.45) is 1.43. The van der Waals surface area contributed by atoms with E-state index in [0.29, 0.717) is 39.4 Å². The highest BCUT2D eigenvalue weighted by atomic mass is 79.9. The van der Waals surface area contributed by atoms with Crippen LogP contribution in [0.5, 0.6) is 5.75 Å². The molecule has 2 N–H and O–H groups in total. The molecule has 1 aromatic heterocycles. The second kappa shape index (κ2) is 8.55. The minimum Gasteiger partial charge on any atom is -0.506 e. The van der Waals surface area contributed by atoms with Crippen molar-refractivity contribution in [2.75, 3.05) is 31.2 Å². The van der Waals surface area contributed by atoms with Gasteiger partial charge in [-0.05, 0) is 59.9 Å². The molecule has 0 atom stereocenters. The van der Waals surface area contributed by atoms with Crippen LogP contribution in [0.1, 0.15) is 16.1 Å². The fraction of sp³-hybridized carbons (Fsp3) is 0.250. The Hall–Kier alpha value is -1.36. The van der Waals surface area contributed by atoms with Crippen LogP contribution in [0.4, 0.5) is 5.88 Å². The van der Waals surface area contributed by atoms with Gasteiger partial charge in [0, 0.05) is 24.7 Å². The first-order chi connectivity index (χ1) is 12.5. The van der Waals surface area contributed by atoms with Crippen LogP contribution >= 0.6 is 47.8 Å². The first-order valence-corrected chi connectivity index (χ1v) is 9.97. The molecule has 138 valence electrons. The SMILES string of the molecule is O=C(N/N=C\c1cc(Br)c(N2CCOCC2)o1)c1cc(Br)c(O)c(Br)c1. The Bertz CT molecular complexity index is 824. The van der Waals surface area contributed by atoms with Crippen molar-refractivity contribution < 1.29 is 19.1 Å². The normalized spacial score (nSPS) is 14.8. The van der Waals surface area contributed by atoms with Crippen LogP contribution in [-0.2, 0) is 4.74 Å². The van der Waals surface area contributed by atoms with Gasteiger partial charge in [0.15, 0.2) is 5.76 Å². The first kappa shape index (κ1) is 19.4. The lowest BCUT2D eigenvalue weighted by atomic mass is 10.2. The number of ether oxygens (including phenoxy) is 1. The maximum atomic E-state index is 12.2. The van der Waals surface area contributed by atoms with Gasteiger partial charge in [-0.3, -0.25) is 4.79 Å². The van der Waals surface area contributed by atoms with E-state index in [-0.39, 0.29) is 5.75 Å². The Morgan fingerprint density at radius 1 is 1.15 bits per heavy atom. The molecule has 0 radical (unpaired) electrons. The molecule has 2 aromatic rings. The highest BCUT2D eigenvalue weighted by Gasteiger charge is 2.18. The minimum atomic E-state index is -0.415. The number of hydrazone groups is 1. The number of carbonyl (C=O) groups excluding carboxylic acids is 1. The van der Waals surface area contributed by atoms with E-state index in [9.17, 15) is 9.90 Å². The number of benzene rings is 1. The smallest absolute Gasteiger partial charge is 0.271 e. The Morgan fingerprint density at radius 2 is 1.81 bits per heavy atom. The number of furan rings is 1. The topological polar surface area (TPSA) is 87.3 Å². The van der Waals surface area contributed by atoms with E-state index in [1.807, 2.05) is 0 Å². The van der Waals surface area contributed by atoms with Crippen molar-refractivity contribution in [3.8, 4) is 5.75 Å². The van der Waals surface area contributed by atoms with Gasteiger partial charge in [-0.15, -0.1) is 0 Å². The van der Waals surface area contributed by atoms with E-state index >= 15 is 0 Å². The van der Waals surface area contributed by atoms with E-state index in [2.05, 4.69) is 63.2 Å². The van der Waals surface area contributed by atoms with E-state index in [1.165, 1.54) is 18.3 Å². The summed E-state index contributed by atoms with van der Waals surface area (Å²) in [5.74, 6) is 0.835. The van der Waals surface area contributed by atoms with Gasteiger partial charge in [-0.25, -0.2) is 5.43 Å². The van der Waals surface area contributed by atoms with Gasteiger partial charge in [-0.1, -0.05) is 0 Å². The predicted octanol–water partition coefficient (Wildman–Crippen LogP) is 3.87. The van der Waals surface area contributed by atoms with Crippen molar-refractivity contribution >= 4 is 65.8 Å². The summed E-state index contributed by atoms with van der Waals surface area (Å²) in [7, 11) is 0. The molecule has 0 saturated carbocycles. The average Bonchev–Trinajstić information content (AvgIpc) is 3.00. The molecule has 0 aliphatic carbocycles. The molecular weight excluding hydrogens is 538 g/mol. The molecule has 0 unspecified atom stereocenters. The number of amides is 1. The van der Waals surface area contributed by atoms with Gasteiger partial charge in [0.25, 0.3) is 5.91 Å². The molecule has 1 aromatic carbocycles. The van der Waals surface area contributed by atoms with Gasteiger partial charge in [0.2, 0.25) is 5.88 Å².